The SMILES string of the molecule is CCc1nc(C(N)=O)c(NC2C=c3sc(C)nc3=CC2)nc1Cl. The van der Waals surface area contributed by atoms with Crippen LogP contribution in [0, 0.1) is 6.92 Å². The molecule has 0 saturated carbocycles. The second-order valence-electron chi connectivity index (χ2n) is 5.22. The van der Waals surface area contributed by atoms with Crippen LogP contribution in [0.15, 0.2) is 0 Å². The lowest BCUT2D eigenvalue weighted by Gasteiger charge is -2.17. The average Bonchev–Trinajstić information content (AvgIpc) is 2.86. The molecule has 1 unspecified atom stereocenters. The monoisotopic (exact) mass is 349 g/mol. The molecule has 1 amide bonds. The zero-order chi connectivity index (χ0) is 16.6. The number of aryl methyl sites for hydroxylation is 2. The number of anilines is 1. The van der Waals surface area contributed by atoms with Crippen LogP contribution >= 0.6 is 22.9 Å². The molecule has 1 aliphatic rings. The molecule has 0 radical (unpaired) electrons. The minimum Gasteiger partial charge on any atom is -0.364 e. The predicted molar refractivity (Wildman–Crippen MR) is 92.0 cm³/mol. The number of halogens is 1. The summed E-state index contributed by atoms with van der Waals surface area (Å²) in [6.45, 7) is 3.87. The minimum atomic E-state index is -0.625. The summed E-state index contributed by atoms with van der Waals surface area (Å²) in [4.78, 5) is 24.6. The summed E-state index contributed by atoms with van der Waals surface area (Å²) < 4.78 is 1.11. The van der Waals surface area contributed by atoms with Crippen LogP contribution in [-0.2, 0) is 6.42 Å². The first-order valence-corrected chi connectivity index (χ1v) is 8.45. The maximum absolute atomic E-state index is 11.7. The Bertz CT molecular complexity index is 892. The smallest absolute Gasteiger partial charge is 0.271 e. The van der Waals surface area contributed by atoms with E-state index in [2.05, 4.69) is 32.4 Å². The lowest BCUT2D eigenvalue weighted by atomic mass is 10.1. The molecular weight excluding hydrogens is 334 g/mol. The summed E-state index contributed by atoms with van der Waals surface area (Å²) in [5.41, 5.74) is 6.10. The van der Waals surface area contributed by atoms with Crippen LogP contribution in [0.5, 0.6) is 0 Å². The summed E-state index contributed by atoms with van der Waals surface area (Å²) in [7, 11) is 0. The molecule has 8 heteroatoms. The van der Waals surface area contributed by atoms with Gasteiger partial charge >= 0.3 is 0 Å². The van der Waals surface area contributed by atoms with Crippen molar-refractivity contribution >= 4 is 46.8 Å². The molecule has 0 spiro atoms. The molecule has 3 N–H and O–H groups in total. The molecule has 2 aromatic rings. The van der Waals surface area contributed by atoms with E-state index in [4.69, 9.17) is 17.3 Å². The van der Waals surface area contributed by atoms with Crippen molar-refractivity contribution < 1.29 is 4.79 Å². The van der Waals surface area contributed by atoms with Gasteiger partial charge in [-0.1, -0.05) is 24.6 Å². The van der Waals surface area contributed by atoms with Gasteiger partial charge in [0.25, 0.3) is 5.91 Å². The predicted octanol–water partition coefficient (Wildman–Crippen LogP) is 1.00. The van der Waals surface area contributed by atoms with Crippen molar-refractivity contribution in [2.24, 2.45) is 5.73 Å². The van der Waals surface area contributed by atoms with Crippen LogP contribution in [0.4, 0.5) is 5.82 Å². The van der Waals surface area contributed by atoms with Crippen LogP contribution in [0.2, 0.25) is 5.15 Å². The van der Waals surface area contributed by atoms with E-state index in [0.29, 0.717) is 17.9 Å². The lowest BCUT2D eigenvalue weighted by molar-refractivity contribution is 0.0996. The van der Waals surface area contributed by atoms with E-state index in [1.807, 2.05) is 13.8 Å². The normalized spacial score (nSPS) is 16.2. The highest BCUT2D eigenvalue weighted by Crippen LogP contribution is 2.20. The van der Waals surface area contributed by atoms with Gasteiger partial charge in [0.1, 0.15) is 0 Å². The quantitative estimate of drug-likeness (QED) is 0.858. The molecule has 1 atom stereocenters. The van der Waals surface area contributed by atoms with Gasteiger partial charge < -0.3 is 11.1 Å². The second-order valence-corrected chi connectivity index (χ2v) is 6.81. The standard InChI is InChI=1S/C15H16ClN5OS/c1-3-9-13(16)21-15(12(20-9)14(17)22)19-8-4-5-10-11(6-8)23-7(2)18-10/h5-6,8H,3-4H2,1-2H3,(H2,17,22)(H,19,21). The Kier molecular flexibility index (Phi) is 4.32. The summed E-state index contributed by atoms with van der Waals surface area (Å²) in [5, 5.41) is 5.52. The van der Waals surface area contributed by atoms with Gasteiger partial charge in [0.2, 0.25) is 0 Å². The molecule has 1 aliphatic carbocycles. The third kappa shape index (κ3) is 3.20. The summed E-state index contributed by atoms with van der Waals surface area (Å²) in [6.07, 6.45) is 5.46. The molecule has 3 rings (SSSR count). The van der Waals surface area contributed by atoms with E-state index in [-0.39, 0.29) is 16.9 Å². The zero-order valence-electron chi connectivity index (χ0n) is 12.8. The fraction of sp³-hybridized carbons (Fsp3) is 0.333. The van der Waals surface area contributed by atoms with Gasteiger partial charge in [-0.25, -0.2) is 15.0 Å². The number of primary amides is 1. The van der Waals surface area contributed by atoms with E-state index in [9.17, 15) is 4.79 Å². The number of rotatable bonds is 4. The van der Waals surface area contributed by atoms with E-state index in [1.165, 1.54) is 0 Å². The number of hydrogen-bond donors (Lipinski definition) is 2. The summed E-state index contributed by atoms with van der Waals surface area (Å²) >= 11 is 7.75. The Hall–Kier alpha value is -1.99. The summed E-state index contributed by atoms with van der Waals surface area (Å²) in [6, 6.07) is -0.0155. The van der Waals surface area contributed by atoms with Crippen molar-refractivity contribution in [1.82, 2.24) is 15.0 Å². The zero-order valence-corrected chi connectivity index (χ0v) is 14.3. The van der Waals surface area contributed by atoms with E-state index < -0.39 is 5.91 Å². The van der Waals surface area contributed by atoms with Crippen molar-refractivity contribution in [1.29, 1.82) is 0 Å². The third-order valence-corrected chi connectivity index (χ3v) is 4.77. The number of fused-ring (bicyclic) bond motifs is 1. The number of nitrogens with two attached hydrogens (primary N) is 1. The third-order valence-electron chi connectivity index (χ3n) is 3.52. The highest BCUT2D eigenvalue weighted by atomic mass is 35.5. The lowest BCUT2D eigenvalue weighted by Crippen LogP contribution is -2.32. The topological polar surface area (TPSA) is 93.8 Å². The van der Waals surface area contributed by atoms with Gasteiger partial charge in [-0.05, 0) is 25.8 Å². The molecule has 0 bridgehead atoms. The molecule has 120 valence electrons. The van der Waals surface area contributed by atoms with E-state index in [1.54, 1.807) is 11.3 Å². The molecule has 0 aromatic carbocycles. The Morgan fingerprint density at radius 2 is 2.26 bits per heavy atom. The van der Waals surface area contributed by atoms with Crippen LogP contribution in [0.25, 0.3) is 12.2 Å². The van der Waals surface area contributed by atoms with E-state index in [0.717, 1.165) is 21.3 Å². The number of amides is 1. The maximum Gasteiger partial charge on any atom is 0.271 e. The van der Waals surface area contributed by atoms with Crippen molar-refractivity contribution in [3.63, 3.8) is 0 Å². The number of carbonyl (C=O) groups is 1. The highest BCUT2D eigenvalue weighted by Gasteiger charge is 2.19. The van der Waals surface area contributed by atoms with Crippen LogP contribution in [0.1, 0.15) is 34.5 Å². The number of aromatic nitrogens is 3. The molecule has 2 aromatic heterocycles. The number of carbonyl (C=O) groups excluding carboxylic acids is 1. The molecule has 2 heterocycles. The molecule has 23 heavy (non-hydrogen) atoms. The van der Waals surface area contributed by atoms with Gasteiger partial charge in [-0.2, -0.15) is 0 Å². The van der Waals surface area contributed by atoms with Gasteiger partial charge in [0, 0.05) is 0 Å². The Labute approximate surface area is 142 Å². The van der Waals surface area contributed by atoms with Crippen molar-refractivity contribution in [3.8, 4) is 0 Å². The van der Waals surface area contributed by atoms with Crippen molar-refractivity contribution in [2.45, 2.75) is 32.7 Å². The fourth-order valence-electron chi connectivity index (χ4n) is 2.44. The molecule has 6 nitrogen and oxygen atoms in total. The van der Waals surface area contributed by atoms with Gasteiger partial charge in [0.15, 0.2) is 16.7 Å². The molecule has 0 aliphatic heterocycles. The fourth-order valence-corrected chi connectivity index (χ4v) is 3.63. The van der Waals surface area contributed by atoms with Crippen molar-refractivity contribution in [3.05, 3.63) is 31.4 Å². The highest BCUT2D eigenvalue weighted by molar-refractivity contribution is 7.09. The molecular formula is C15H16ClN5OS. The first kappa shape index (κ1) is 15.9. The largest absolute Gasteiger partial charge is 0.364 e. The minimum absolute atomic E-state index is 0.0155. The van der Waals surface area contributed by atoms with Crippen LogP contribution in [0.3, 0.4) is 0 Å². The van der Waals surface area contributed by atoms with E-state index >= 15 is 0 Å². The van der Waals surface area contributed by atoms with Gasteiger partial charge in [0.05, 0.1) is 26.6 Å². The summed E-state index contributed by atoms with van der Waals surface area (Å²) in [5.74, 6) is -0.306. The van der Waals surface area contributed by atoms with Gasteiger partial charge in [-0.3, -0.25) is 4.79 Å². The van der Waals surface area contributed by atoms with Gasteiger partial charge in [-0.15, -0.1) is 11.3 Å². The number of nitrogens with zero attached hydrogens (tertiary/aromatic N) is 3. The van der Waals surface area contributed by atoms with Crippen LogP contribution in [-0.4, -0.2) is 26.9 Å². The molecule has 0 saturated heterocycles. The number of thiazole rings is 1. The number of hydrogen-bond acceptors (Lipinski definition) is 6. The average molecular weight is 350 g/mol. The number of nitrogens with one attached hydrogen (secondary N) is 1. The first-order chi connectivity index (χ1) is 11.0. The maximum atomic E-state index is 11.7. The first-order valence-electron chi connectivity index (χ1n) is 7.26. The van der Waals surface area contributed by atoms with Crippen molar-refractivity contribution in [2.75, 3.05) is 5.32 Å². The molecule has 0 fully saturated rings. The Balaban J connectivity index is 1.95. The van der Waals surface area contributed by atoms with Crippen LogP contribution < -0.4 is 20.9 Å². The second kappa shape index (κ2) is 6.25. The Morgan fingerprint density at radius 1 is 1.48 bits per heavy atom. The Morgan fingerprint density at radius 3 is 2.96 bits per heavy atom.